The number of ether oxygens (including phenoxy) is 1. The van der Waals surface area contributed by atoms with Crippen LogP contribution in [0.2, 0.25) is 0 Å². The first-order valence-corrected chi connectivity index (χ1v) is 11.3. The Morgan fingerprint density at radius 3 is 2.52 bits per heavy atom. The highest BCUT2D eigenvalue weighted by molar-refractivity contribution is 7.98. The monoisotopic (exact) mass is 436 g/mol. The minimum atomic E-state index is -0.989. The molecule has 0 saturated carbocycles. The summed E-state index contributed by atoms with van der Waals surface area (Å²) in [6.07, 6.45) is 1.61. The zero-order chi connectivity index (χ0) is 21.2. The second-order valence-corrected chi connectivity index (χ2v) is 8.29. The molecule has 1 heterocycles. The van der Waals surface area contributed by atoms with Gasteiger partial charge in [0.2, 0.25) is 5.13 Å². The van der Waals surface area contributed by atoms with Crippen LogP contribution in [0.3, 0.4) is 0 Å². The molecule has 0 unspecified atom stereocenters. The van der Waals surface area contributed by atoms with Gasteiger partial charge in [-0.15, -0.1) is 10.2 Å². The molecule has 0 fully saturated rings. The summed E-state index contributed by atoms with van der Waals surface area (Å²) >= 11 is 2.78. The number of carbonyl (C=O) groups excluding carboxylic acids is 3. The van der Waals surface area contributed by atoms with Crippen LogP contribution in [0, 0.1) is 6.92 Å². The average Bonchev–Trinajstić information content (AvgIpc) is 3.13. The van der Waals surface area contributed by atoms with Crippen LogP contribution < -0.4 is 10.6 Å². The molecule has 2 aromatic rings. The molecule has 2 N–H and O–H groups in total. The van der Waals surface area contributed by atoms with Crippen molar-refractivity contribution in [3.8, 4) is 0 Å². The van der Waals surface area contributed by atoms with E-state index in [2.05, 4.69) is 20.8 Å². The molecular formula is C19H24N4O4S2. The van der Waals surface area contributed by atoms with Crippen LogP contribution in [0.1, 0.15) is 35.1 Å². The lowest BCUT2D eigenvalue weighted by Crippen LogP contribution is -2.45. The lowest BCUT2D eigenvalue weighted by Gasteiger charge is -2.21. The number of benzene rings is 1. The Morgan fingerprint density at radius 1 is 1.21 bits per heavy atom. The molecule has 2 amide bonds. The van der Waals surface area contributed by atoms with Crippen LogP contribution >= 0.6 is 23.1 Å². The van der Waals surface area contributed by atoms with E-state index in [4.69, 9.17) is 4.74 Å². The van der Waals surface area contributed by atoms with Gasteiger partial charge in [0.1, 0.15) is 11.0 Å². The van der Waals surface area contributed by atoms with Gasteiger partial charge in [0.15, 0.2) is 6.10 Å². The minimum Gasteiger partial charge on any atom is -0.451 e. The average molecular weight is 437 g/mol. The SMILES string of the molecule is CC[C@H](OC(=O)[C@@H](CCSC)NC(=O)c1ccccc1)C(=O)Nc1nnc(C)s1. The van der Waals surface area contributed by atoms with Gasteiger partial charge in [0.25, 0.3) is 11.8 Å². The number of amides is 2. The molecule has 0 aliphatic carbocycles. The van der Waals surface area contributed by atoms with E-state index in [0.717, 1.165) is 0 Å². The minimum absolute atomic E-state index is 0.289. The van der Waals surface area contributed by atoms with Crippen LogP contribution in [0.25, 0.3) is 0 Å². The van der Waals surface area contributed by atoms with Crippen LogP contribution in [-0.2, 0) is 14.3 Å². The zero-order valence-corrected chi connectivity index (χ0v) is 18.1. The number of aryl methyl sites for hydroxylation is 1. The standard InChI is InChI=1S/C19H24N4O4S2/c1-4-15(17(25)21-19-23-22-12(2)29-19)27-18(26)14(10-11-28-3)20-16(24)13-8-6-5-7-9-13/h5-9,14-15H,4,10-11H2,1-3H3,(H,20,24)(H,21,23,25)/t14-,15+/m1/s1. The summed E-state index contributed by atoms with van der Waals surface area (Å²) in [6.45, 7) is 3.51. The summed E-state index contributed by atoms with van der Waals surface area (Å²) in [5, 5.41) is 14.0. The van der Waals surface area contributed by atoms with Gasteiger partial charge in [-0.2, -0.15) is 11.8 Å². The van der Waals surface area contributed by atoms with Crippen LogP contribution in [0.5, 0.6) is 0 Å². The third-order valence-electron chi connectivity index (χ3n) is 3.91. The Bertz CT molecular complexity index is 829. The maximum Gasteiger partial charge on any atom is 0.329 e. The van der Waals surface area contributed by atoms with E-state index in [0.29, 0.717) is 27.9 Å². The first-order chi connectivity index (χ1) is 13.9. The summed E-state index contributed by atoms with van der Waals surface area (Å²) in [7, 11) is 0. The fraction of sp³-hybridized carbons (Fsp3) is 0.421. The van der Waals surface area contributed by atoms with Gasteiger partial charge in [0.05, 0.1) is 0 Å². The third kappa shape index (κ3) is 7.13. The first kappa shape index (κ1) is 22.8. The number of thioether (sulfide) groups is 1. The summed E-state index contributed by atoms with van der Waals surface area (Å²) < 4.78 is 5.42. The molecule has 1 aromatic heterocycles. The predicted octanol–water partition coefficient (Wildman–Crippen LogP) is 2.66. The number of anilines is 1. The maximum atomic E-state index is 12.7. The zero-order valence-electron chi connectivity index (χ0n) is 16.5. The quantitative estimate of drug-likeness (QED) is 0.551. The van der Waals surface area contributed by atoms with Crippen molar-refractivity contribution in [2.45, 2.75) is 38.8 Å². The Balaban J connectivity index is 2.02. The molecule has 156 valence electrons. The van der Waals surface area contributed by atoms with Crippen molar-refractivity contribution < 1.29 is 19.1 Å². The second kappa shape index (κ2) is 11.5. The lowest BCUT2D eigenvalue weighted by atomic mass is 10.1. The smallest absolute Gasteiger partial charge is 0.329 e. The normalized spacial score (nSPS) is 12.7. The van der Waals surface area contributed by atoms with Crippen molar-refractivity contribution >= 4 is 46.0 Å². The predicted molar refractivity (Wildman–Crippen MR) is 114 cm³/mol. The van der Waals surface area contributed by atoms with Crippen LogP contribution in [0.15, 0.2) is 30.3 Å². The molecule has 0 radical (unpaired) electrons. The fourth-order valence-corrected chi connectivity index (χ4v) is 3.46. The van der Waals surface area contributed by atoms with E-state index in [-0.39, 0.29) is 12.3 Å². The van der Waals surface area contributed by atoms with Gasteiger partial charge in [-0.25, -0.2) is 4.79 Å². The summed E-state index contributed by atoms with van der Waals surface area (Å²) in [6, 6.07) is 7.78. The molecule has 0 aliphatic rings. The highest BCUT2D eigenvalue weighted by Crippen LogP contribution is 2.15. The number of carbonyl (C=O) groups is 3. The molecule has 8 nitrogen and oxygen atoms in total. The number of nitrogens with zero attached hydrogens (tertiary/aromatic N) is 2. The number of hydrogen-bond acceptors (Lipinski definition) is 8. The topological polar surface area (TPSA) is 110 Å². The summed E-state index contributed by atoms with van der Waals surface area (Å²) in [5.74, 6) is -0.828. The fourth-order valence-electron chi connectivity index (χ4n) is 2.39. The Morgan fingerprint density at radius 2 is 1.93 bits per heavy atom. The molecule has 0 aliphatic heterocycles. The molecule has 0 bridgehead atoms. The molecule has 1 aromatic carbocycles. The van der Waals surface area contributed by atoms with Gasteiger partial charge >= 0.3 is 5.97 Å². The van der Waals surface area contributed by atoms with Crippen molar-refractivity contribution in [3.05, 3.63) is 40.9 Å². The van der Waals surface area contributed by atoms with Crippen molar-refractivity contribution in [3.63, 3.8) is 0 Å². The Kier molecular flexibility index (Phi) is 9.07. The molecule has 2 atom stereocenters. The number of nitrogens with one attached hydrogen (secondary N) is 2. The number of hydrogen-bond donors (Lipinski definition) is 2. The van der Waals surface area contributed by atoms with Gasteiger partial charge < -0.3 is 10.1 Å². The van der Waals surface area contributed by atoms with Gasteiger partial charge in [-0.3, -0.25) is 14.9 Å². The number of rotatable bonds is 10. The van der Waals surface area contributed by atoms with E-state index in [1.54, 1.807) is 55.9 Å². The van der Waals surface area contributed by atoms with Gasteiger partial charge in [-0.1, -0.05) is 36.5 Å². The maximum absolute atomic E-state index is 12.7. The summed E-state index contributed by atoms with van der Waals surface area (Å²) in [4.78, 5) is 37.6. The molecule has 2 rings (SSSR count). The van der Waals surface area contributed by atoms with Crippen LogP contribution in [-0.4, -0.2) is 52.1 Å². The van der Waals surface area contributed by atoms with E-state index in [1.807, 2.05) is 6.26 Å². The van der Waals surface area contributed by atoms with Gasteiger partial charge in [-0.05, 0) is 43.9 Å². The van der Waals surface area contributed by atoms with E-state index >= 15 is 0 Å². The van der Waals surface area contributed by atoms with Crippen molar-refractivity contribution in [1.82, 2.24) is 15.5 Å². The number of esters is 1. The lowest BCUT2D eigenvalue weighted by molar-refractivity contribution is -0.156. The highest BCUT2D eigenvalue weighted by atomic mass is 32.2. The number of aromatic nitrogens is 2. The highest BCUT2D eigenvalue weighted by Gasteiger charge is 2.28. The third-order valence-corrected chi connectivity index (χ3v) is 5.31. The van der Waals surface area contributed by atoms with Crippen molar-refractivity contribution in [1.29, 1.82) is 0 Å². The Labute approximate surface area is 177 Å². The van der Waals surface area contributed by atoms with E-state index < -0.39 is 24.0 Å². The molecule has 10 heteroatoms. The van der Waals surface area contributed by atoms with E-state index in [9.17, 15) is 14.4 Å². The summed E-state index contributed by atoms with van der Waals surface area (Å²) in [5.41, 5.74) is 0.450. The molecular weight excluding hydrogens is 412 g/mol. The molecule has 0 spiro atoms. The molecule has 29 heavy (non-hydrogen) atoms. The first-order valence-electron chi connectivity index (χ1n) is 9.10. The largest absolute Gasteiger partial charge is 0.451 e. The van der Waals surface area contributed by atoms with Crippen LogP contribution in [0.4, 0.5) is 5.13 Å². The van der Waals surface area contributed by atoms with Crippen molar-refractivity contribution in [2.75, 3.05) is 17.3 Å². The van der Waals surface area contributed by atoms with E-state index in [1.165, 1.54) is 11.3 Å². The van der Waals surface area contributed by atoms with Crippen molar-refractivity contribution in [2.24, 2.45) is 0 Å². The Hall–Kier alpha value is -2.46. The second-order valence-electron chi connectivity index (χ2n) is 6.12. The van der Waals surface area contributed by atoms with Gasteiger partial charge in [0, 0.05) is 5.56 Å². The molecule has 0 saturated heterocycles.